The zero-order valence-electron chi connectivity index (χ0n) is 8.16. The van der Waals surface area contributed by atoms with E-state index in [0.29, 0.717) is 11.4 Å². The molecule has 14 heavy (non-hydrogen) atoms. The number of halogens is 1. The van der Waals surface area contributed by atoms with E-state index in [0.717, 1.165) is 36.6 Å². The van der Waals surface area contributed by atoms with E-state index in [1.54, 1.807) is 0 Å². The lowest BCUT2D eigenvalue weighted by Crippen LogP contribution is -2.35. The highest BCUT2D eigenvalue weighted by Crippen LogP contribution is 2.28. The van der Waals surface area contributed by atoms with E-state index in [4.69, 9.17) is 11.6 Å². The number of anilines is 1. The smallest absolute Gasteiger partial charge is 0.202 e. The Hall–Kier alpha value is -0.350. The van der Waals surface area contributed by atoms with E-state index in [9.17, 15) is 0 Å². The first-order chi connectivity index (χ1) is 6.78. The fourth-order valence-electron chi connectivity index (χ4n) is 1.48. The van der Waals surface area contributed by atoms with Gasteiger partial charge in [0.15, 0.2) is 0 Å². The van der Waals surface area contributed by atoms with Gasteiger partial charge in [-0.2, -0.15) is 4.37 Å². The molecule has 0 aliphatic heterocycles. The van der Waals surface area contributed by atoms with Gasteiger partial charge in [0.05, 0.1) is 0 Å². The number of nitrogens with one attached hydrogen (secondary N) is 1. The third-order valence-corrected chi connectivity index (χ3v) is 3.39. The molecule has 1 aliphatic rings. The van der Waals surface area contributed by atoms with Gasteiger partial charge in [-0.1, -0.05) is 6.92 Å². The summed E-state index contributed by atoms with van der Waals surface area (Å²) in [7, 11) is 0. The molecule has 0 unspecified atom stereocenters. The Labute approximate surface area is 93.1 Å². The second-order valence-corrected chi connectivity index (χ2v) is 5.04. The lowest BCUT2D eigenvalue weighted by molar-refractivity contribution is 0.454. The van der Waals surface area contributed by atoms with Gasteiger partial charge in [0, 0.05) is 29.4 Å². The quantitative estimate of drug-likeness (QED) is 0.810. The molecule has 1 saturated carbocycles. The van der Waals surface area contributed by atoms with Crippen molar-refractivity contribution in [2.45, 2.75) is 44.0 Å². The van der Waals surface area contributed by atoms with Crippen LogP contribution >= 0.6 is 23.1 Å². The molecule has 0 bridgehead atoms. The second kappa shape index (κ2) is 4.45. The second-order valence-electron chi connectivity index (χ2n) is 3.68. The summed E-state index contributed by atoms with van der Waals surface area (Å²) >= 11 is 7.35. The van der Waals surface area contributed by atoms with Crippen LogP contribution in [0.15, 0.2) is 0 Å². The van der Waals surface area contributed by atoms with Crippen molar-refractivity contribution in [3.63, 3.8) is 0 Å². The Morgan fingerprint density at radius 2 is 2.36 bits per heavy atom. The van der Waals surface area contributed by atoms with Crippen molar-refractivity contribution in [1.82, 2.24) is 9.36 Å². The Kier molecular flexibility index (Phi) is 3.23. The standard InChI is InChI=1S/C9H14ClN3S/c1-2-3-8-12-9(14-13-8)11-7-4-6(10)5-7/h6-7H,2-5H2,1H3,(H,11,12,13). The third kappa shape index (κ3) is 2.36. The molecule has 2 rings (SSSR count). The molecular formula is C9H14ClN3S. The summed E-state index contributed by atoms with van der Waals surface area (Å²) in [6.45, 7) is 2.14. The van der Waals surface area contributed by atoms with Crippen molar-refractivity contribution in [3.8, 4) is 0 Å². The van der Waals surface area contributed by atoms with Gasteiger partial charge in [-0.05, 0) is 19.3 Å². The van der Waals surface area contributed by atoms with Crippen molar-refractivity contribution in [2.24, 2.45) is 0 Å². The topological polar surface area (TPSA) is 37.8 Å². The molecule has 1 aliphatic carbocycles. The van der Waals surface area contributed by atoms with Crippen LogP contribution < -0.4 is 5.32 Å². The molecule has 1 aromatic heterocycles. The summed E-state index contributed by atoms with van der Waals surface area (Å²) in [5.41, 5.74) is 0. The lowest BCUT2D eigenvalue weighted by atomic mass is 9.93. The van der Waals surface area contributed by atoms with Crippen LogP contribution in [-0.4, -0.2) is 20.8 Å². The van der Waals surface area contributed by atoms with Crippen molar-refractivity contribution in [1.29, 1.82) is 0 Å². The van der Waals surface area contributed by atoms with Crippen molar-refractivity contribution >= 4 is 28.3 Å². The van der Waals surface area contributed by atoms with Crippen LogP contribution in [0.2, 0.25) is 0 Å². The van der Waals surface area contributed by atoms with Crippen LogP contribution in [0.4, 0.5) is 5.13 Å². The van der Waals surface area contributed by atoms with Gasteiger partial charge >= 0.3 is 0 Å². The first kappa shape index (κ1) is 10.2. The SMILES string of the molecule is CCCc1nsc(NC2CC(Cl)C2)n1. The summed E-state index contributed by atoms with van der Waals surface area (Å²) in [4.78, 5) is 4.40. The predicted molar refractivity (Wildman–Crippen MR) is 60.2 cm³/mol. The van der Waals surface area contributed by atoms with Crippen molar-refractivity contribution in [3.05, 3.63) is 5.82 Å². The third-order valence-electron chi connectivity index (χ3n) is 2.35. The molecule has 3 nitrogen and oxygen atoms in total. The number of aryl methyl sites for hydroxylation is 1. The van der Waals surface area contributed by atoms with Gasteiger partial charge in [-0.3, -0.25) is 0 Å². The molecule has 1 heterocycles. The van der Waals surface area contributed by atoms with Gasteiger partial charge in [-0.15, -0.1) is 11.6 Å². The molecule has 1 aromatic rings. The van der Waals surface area contributed by atoms with Gasteiger partial charge in [0.1, 0.15) is 5.82 Å². The highest BCUT2D eigenvalue weighted by Gasteiger charge is 2.27. The molecule has 0 atom stereocenters. The van der Waals surface area contributed by atoms with Crippen molar-refractivity contribution in [2.75, 3.05) is 5.32 Å². The minimum Gasteiger partial charge on any atom is -0.357 e. The predicted octanol–water partition coefficient (Wildman–Crippen LogP) is 2.67. The van der Waals surface area contributed by atoms with Crippen LogP contribution in [0.1, 0.15) is 32.0 Å². The molecule has 5 heteroatoms. The van der Waals surface area contributed by atoms with E-state index >= 15 is 0 Å². The van der Waals surface area contributed by atoms with E-state index in [1.807, 2.05) is 0 Å². The molecule has 0 spiro atoms. The molecule has 0 saturated heterocycles. The van der Waals surface area contributed by atoms with E-state index in [1.165, 1.54) is 11.5 Å². The molecule has 0 radical (unpaired) electrons. The number of hydrogen-bond donors (Lipinski definition) is 1. The first-order valence-electron chi connectivity index (χ1n) is 5.01. The summed E-state index contributed by atoms with van der Waals surface area (Å²) < 4.78 is 4.27. The normalized spacial score (nSPS) is 25.9. The van der Waals surface area contributed by atoms with E-state index in [2.05, 4.69) is 21.6 Å². The largest absolute Gasteiger partial charge is 0.357 e. The van der Waals surface area contributed by atoms with Gasteiger partial charge < -0.3 is 5.32 Å². The maximum atomic E-state index is 5.89. The molecule has 0 aromatic carbocycles. The number of alkyl halides is 1. The van der Waals surface area contributed by atoms with Crippen LogP contribution in [0.25, 0.3) is 0 Å². The van der Waals surface area contributed by atoms with Crippen molar-refractivity contribution < 1.29 is 0 Å². The monoisotopic (exact) mass is 231 g/mol. The highest BCUT2D eigenvalue weighted by molar-refractivity contribution is 7.09. The number of hydrogen-bond acceptors (Lipinski definition) is 4. The number of nitrogens with zero attached hydrogens (tertiary/aromatic N) is 2. The number of rotatable bonds is 4. The average Bonchev–Trinajstić information content (AvgIpc) is 2.51. The molecule has 1 N–H and O–H groups in total. The molecule has 1 fully saturated rings. The Bertz CT molecular complexity index is 296. The summed E-state index contributed by atoms with van der Waals surface area (Å²) in [6, 6.07) is 0.514. The van der Waals surface area contributed by atoms with Crippen LogP contribution in [-0.2, 0) is 6.42 Å². The Morgan fingerprint density at radius 1 is 1.57 bits per heavy atom. The van der Waals surface area contributed by atoms with E-state index < -0.39 is 0 Å². The maximum Gasteiger partial charge on any atom is 0.202 e. The van der Waals surface area contributed by atoms with Gasteiger partial charge in [-0.25, -0.2) is 4.98 Å². The van der Waals surface area contributed by atoms with Crippen LogP contribution in [0, 0.1) is 0 Å². The highest BCUT2D eigenvalue weighted by atomic mass is 35.5. The zero-order chi connectivity index (χ0) is 9.97. The Balaban J connectivity index is 1.84. The summed E-state index contributed by atoms with van der Waals surface area (Å²) in [5.74, 6) is 0.960. The van der Waals surface area contributed by atoms with E-state index in [-0.39, 0.29) is 0 Å². The fraction of sp³-hybridized carbons (Fsp3) is 0.778. The van der Waals surface area contributed by atoms with Crippen LogP contribution in [0.3, 0.4) is 0 Å². The fourth-order valence-corrected chi connectivity index (χ4v) is 2.60. The van der Waals surface area contributed by atoms with Crippen LogP contribution in [0.5, 0.6) is 0 Å². The number of aromatic nitrogens is 2. The Morgan fingerprint density at radius 3 is 3.00 bits per heavy atom. The van der Waals surface area contributed by atoms with Gasteiger partial charge in [0.25, 0.3) is 0 Å². The molecule has 78 valence electrons. The molecular weight excluding hydrogens is 218 g/mol. The zero-order valence-corrected chi connectivity index (χ0v) is 9.74. The lowest BCUT2D eigenvalue weighted by Gasteiger charge is -2.31. The average molecular weight is 232 g/mol. The summed E-state index contributed by atoms with van der Waals surface area (Å²) in [6.07, 6.45) is 4.17. The van der Waals surface area contributed by atoms with Gasteiger partial charge in [0.2, 0.25) is 5.13 Å². The summed E-state index contributed by atoms with van der Waals surface area (Å²) in [5, 5.41) is 4.65. The maximum absolute atomic E-state index is 5.89. The molecule has 0 amide bonds. The first-order valence-corrected chi connectivity index (χ1v) is 6.22. The minimum atomic E-state index is 0.357. The minimum absolute atomic E-state index is 0.357.